The highest BCUT2D eigenvalue weighted by molar-refractivity contribution is 9.10. The first-order chi connectivity index (χ1) is 9.69. The van der Waals surface area contributed by atoms with E-state index in [2.05, 4.69) is 54.5 Å². The van der Waals surface area contributed by atoms with Crippen molar-refractivity contribution in [1.29, 1.82) is 0 Å². The van der Waals surface area contributed by atoms with Crippen LogP contribution < -0.4 is 10.1 Å². The summed E-state index contributed by atoms with van der Waals surface area (Å²) in [5.41, 5.74) is 1.09. The van der Waals surface area contributed by atoms with E-state index in [9.17, 15) is 0 Å². The Kier molecular flexibility index (Phi) is 6.11. The minimum atomic E-state index is 0.284. The second kappa shape index (κ2) is 7.84. The van der Waals surface area contributed by atoms with Crippen molar-refractivity contribution >= 4 is 43.2 Å². The van der Waals surface area contributed by atoms with Crippen LogP contribution in [-0.4, -0.2) is 6.61 Å². The Morgan fingerprint density at radius 2 is 2.05 bits per heavy atom. The summed E-state index contributed by atoms with van der Waals surface area (Å²) in [6, 6.07) is 8.05. The third kappa shape index (κ3) is 4.64. The molecular formula is C15H13Br2NOS. The molecule has 1 aromatic heterocycles. The van der Waals surface area contributed by atoms with Crippen LogP contribution in [0.3, 0.4) is 0 Å². The number of hydrogen-bond acceptors (Lipinski definition) is 3. The van der Waals surface area contributed by atoms with Crippen LogP contribution in [0.2, 0.25) is 0 Å². The molecule has 0 atom stereocenters. The maximum Gasteiger partial charge on any atom is 0.148 e. The quantitative estimate of drug-likeness (QED) is 0.698. The van der Waals surface area contributed by atoms with E-state index >= 15 is 0 Å². The molecule has 2 rings (SSSR count). The van der Waals surface area contributed by atoms with Gasteiger partial charge in [-0.3, -0.25) is 0 Å². The maximum absolute atomic E-state index is 5.55. The fraction of sp³-hybridized carbons (Fsp3) is 0.200. The molecule has 0 aliphatic carbocycles. The second-order valence-electron chi connectivity index (χ2n) is 4.08. The number of nitrogens with one attached hydrogen (secondary N) is 1. The van der Waals surface area contributed by atoms with Crippen molar-refractivity contribution in [2.45, 2.75) is 13.1 Å². The topological polar surface area (TPSA) is 21.3 Å². The lowest BCUT2D eigenvalue weighted by atomic mass is 10.2. The molecule has 0 saturated heterocycles. The molecule has 0 spiro atoms. The Hall–Kier alpha value is -0.800. The van der Waals surface area contributed by atoms with Gasteiger partial charge in [0, 0.05) is 37.9 Å². The molecule has 0 aliphatic rings. The third-order valence-corrected chi connectivity index (χ3v) is 4.76. The summed E-state index contributed by atoms with van der Waals surface area (Å²) in [6.45, 7) is 1.85. The second-order valence-corrected chi connectivity index (χ2v) is 6.91. The van der Waals surface area contributed by atoms with Gasteiger partial charge in [-0.15, -0.1) is 17.8 Å². The summed E-state index contributed by atoms with van der Waals surface area (Å²) < 4.78 is 7.70. The van der Waals surface area contributed by atoms with Gasteiger partial charge < -0.3 is 10.1 Å². The molecule has 20 heavy (non-hydrogen) atoms. The summed E-state index contributed by atoms with van der Waals surface area (Å²) >= 11 is 8.66. The Bertz CT molecular complexity index is 619. The summed E-state index contributed by atoms with van der Waals surface area (Å²) in [7, 11) is 0. The van der Waals surface area contributed by atoms with Gasteiger partial charge in [0.1, 0.15) is 12.4 Å². The van der Waals surface area contributed by atoms with Crippen LogP contribution in [0.15, 0.2) is 38.6 Å². The molecule has 2 aromatic rings. The van der Waals surface area contributed by atoms with E-state index in [1.54, 1.807) is 11.3 Å². The molecule has 0 saturated carbocycles. The van der Waals surface area contributed by atoms with E-state index in [0.29, 0.717) is 0 Å². The van der Waals surface area contributed by atoms with Gasteiger partial charge in [0.05, 0.1) is 0 Å². The van der Waals surface area contributed by atoms with Gasteiger partial charge in [-0.25, -0.2) is 0 Å². The average molecular weight is 415 g/mol. The predicted molar refractivity (Wildman–Crippen MR) is 91.0 cm³/mol. The Balaban J connectivity index is 1.97. The number of rotatable bonds is 6. The van der Waals surface area contributed by atoms with Crippen LogP contribution in [0, 0.1) is 12.3 Å². The van der Waals surface area contributed by atoms with Gasteiger partial charge in [0.25, 0.3) is 0 Å². The smallest absolute Gasteiger partial charge is 0.148 e. The highest BCUT2D eigenvalue weighted by Crippen LogP contribution is 2.24. The van der Waals surface area contributed by atoms with E-state index in [-0.39, 0.29) is 6.61 Å². The molecular weight excluding hydrogens is 402 g/mol. The summed E-state index contributed by atoms with van der Waals surface area (Å²) in [5.74, 6) is 3.31. The van der Waals surface area contributed by atoms with Gasteiger partial charge in [0.2, 0.25) is 0 Å². The molecule has 1 N–H and O–H groups in total. The normalized spacial score (nSPS) is 10.2. The fourth-order valence-electron chi connectivity index (χ4n) is 1.71. The van der Waals surface area contributed by atoms with Crippen LogP contribution in [0.5, 0.6) is 5.75 Å². The van der Waals surface area contributed by atoms with Gasteiger partial charge in [-0.2, -0.15) is 0 Å². The van der Waals surface area contributed by atoms with E-state index in [4.69, 9.17) is 11.2 Å². The molecule has 0 bridgehead atoms. The predicted octanol–water partition coefficient (Wildman–Crippen LogP) is 4.57. The van der Waals surface area contributed by atoms with Crippen molar-refractivity contribution < 1.29 is 4.74 Å². The molecule has 0 aliphatic heterocycles. The van der Waals surface area contributed by atoms with E-state index < -0.39 is 0 Å². The first-order valence-corrected chi connectivity index (χ1v) is 8.44. The zero-order chi connectivity index (χ0) is 14.4. The van der Waals surface area contributed by atoms with E-state index in [1.807, 2.05) is 18.2 Å². The Labute approximate surface area is 139 Å². The zero-order valence-corrected chi connectivity index (χ0v) is 14.6. The monoisotopic (exact) mass is 413 g/mol. The van der Waals surface area contributed by atoms with Gasteiger partial charge >= 0.3 is 0 Å². The first-order valence-electron chi connectivity index (χ1n) is 5.97. The molecule has 0 unspecified atom stereocenters. The number of ether oxygens (including phenoxy) is 1. The average Bonchev–Trinajstić information content (AvgIpc) is 2.84. The minimum Gasteiger partial charge on any atom is -0.481 e. The number of halogens is 2. The number of hydrogen-bond donors (Lipinski definition) is 1. The number of benzene rings is 1. The lowest BCUT2D eigenvalue weighted by molar-refractivity contribution is 0.364. The summed E-state index contributed by atoms with van der Waals surface area (Å²) in [5, 5.41) is 5.49. The molecule has 0 radical (unpaired) electrons. The largest absolute Gasteiger partial charge is 0.481 e. The summed E-state index contributed by atoms with van der Waals surface area (Å²) in [4.78, 5) is 1.29. The number of thiophene rings is 1. The highest BCUT2D eigenvalue weighted by Gasteiger charge is 2.05. The van der Waals surface area contributed by atoms with Crippen LogP contribution in [0.1, 0.15) is 10.4 Å². The Morgan fingerprint density at radius 3 is 2.75 bits per heavy atom. The molecule has 2 nitrogen and oxygen atoms in total. The van der Waals surface area contributed by atoms with Crippen LogP contribution in [0.4, 0.5) is 0 Å². The van der Waals surface area contributed by atoms with Gasteiger partial charge in [-0.05, 0) is 40.2 Å². The van der Waals surface area contributed by atoms with Gasteiger partial charge in [0.15, 0.2) is 0 Å². The molecule has 1 heterocycles. The molecule has 1 aromatic carbocycles. The fourth-order valence-corrected chi connectivity index (χ4v) is 3.54. The van der Waals surface area contributed by atoms with Crippen molar-refractivity contribution in [2.24, 2.45) is 0 Å². The molecule has 0 amide bonds. The standard InChI is InChI=1S/C15H13Br2NOS/c1-2-5-19-15-4-3-12(16)6-11(15)8-18-9-14-7-13(17)10-20-14/h1,3-4,6-7,10,18H,5,8-9H2. The van der Waals surface area contributed by atoms with Crippen LogP contribution >= 0.6 is 43.2 Å². The van der Waals surface area contributed by atoms with Crippen LogP contribution in [0.25, 0.3) is 0 Å². The molecule has 104 valence electrons. The zero-order valence-electron chi connectivity index (χ0n) is 10.7. The van der Waals surface area contributed by atoms with Crippen molar-refractivity contribution in [1.82, 2.24) is 5.32 Å². The van der Waals surface area contributed by atoms with E-state index in [1.165, 1.54) is 4.88 Å². The van der Waals surface area contributed by atoms with Crippen molar-refractivity contribution in [3.63, 3.8) is 0 Å². The Morgan fingerprint density at radius 1 is 1.20 bits per heavy atom. The first kappa shape index (κ1) is 15.6. The highest BCUT2D eigenvalue weighted by atomic mass is 79.9. The summed E-state index contributed by atoms with van der Waals surface area (Å²) in [6.07, 6.45) is 5.23. The number of terminal acetylenes is 1. The van der Waals surface area contributed by atoms with Crippen molar-refractivity contribution in [3.05, 3.63) is 49.0 Å². The minimum absolute atomic E-state index is 0.284. The third-order valence-electron chi connectivity index (χ3n) is 2.57. The maximum atomic E-state index is 5.55. The van der Waals surface area contributed by atoms with E-state index in [0.717, 1.165) is 33.3 Å². The van der Waals surface area contributed by atoms with Crippen molar-refractivity contribution in [3.8, 4) is 18.1 Å². The molecule has 5 heteroatoms. The van der Waals surface area contributed by atoms with Gasteiger partial charge in [-0.1, -0.05) is 21.9 Å². The van der Waals surface area contributed by atoms with Crippen LogP contribution in [-0.2, 0) is 13.1 Å². The van der Waals surface area contributed by atoms with Crippen molar-refractivity contribution in [2.75, 3.05) is 6.61 Å². The molecule has 0 fully saturated rings. The lowest BCUT2D eigenvalue weighted by Crippen LogP contribution is -2.13. The SMILES string of the molecule is C#CCOc1ccc(Br)cc1CNCc1cc(Br)cs1. The lowest BCUT2D eigenvalue weighted by Gasteiger charge is -2.11.